The molecule has 96 valence electrons. The maximum absolute atomic E-state index is 10.6. The molecule has 0 aliphatic rings. The monoisotopic (exact) mass is 266 g/mol. The van der Waals surface area contributed by atoms with E-state index in [0.717, 1.165) is 25.7 Å². The molecule has 0 aliphatic carbocycles. The van der Waals surface area contributed by atoms with Crippen molar-refractivity contribution >= 4 is 35.3 Å². The molecule has 0 aliphatic heterocycles. The van der Waals surface area contributed by atoms with Gasteiger partial charge in [0.15, 0.2) is 0 Å². The maximum Gasteiger partial charge on any atom is 0.407 e. The van der Waals surface area contributed by atoms with E-state index < -0.39 is 6.09 Å². The lowest BCUT2D eigenvalue weighted by molar-refractivity contribution is 0.143. The molecule has 0 saturated carbocycles. The Kier molecular flexibility index (Phi) is 14.1. The molecule has 0 heterocycles. The van der Waals surface area contributed by atoms with Gasteiger partial charge in [0.25, 0.3) is 0 Å². The van der Waals surface area contributed by atoms with Crippen molar-refractivity contribution < 1.29 is 9.90 Å². The highest BCUT2D eigenvalue weighted by atomic mass is 32.1. The van der Waals surface area contributed by atoms with Crippen LogP contribution in [0.1, 0.15) is 39.5 Å². The van der Waals surface area contributed by atoms with Gasteiger partial charge in [0.2, 0.25) is 0 Å². The van der Waals surface area contributed by atoms with Gasteiger partial charge in [-0.1, -0.05) is 38.9 Å². The molecule has 0 aromatic rings. The molecule has 6 heteroatoms. The van der Waals surface area contributed by atoms with Crippen LogP contribution in [0.2, 0.25) is 0 Å². The molecule has 0 rings (SSSR count). The van der Waals surface area contributed by atoms with Crippen LogP contribution in [0.4, 0.5) is 4.79 Å². The van der Waals surface area contributed by atoms with Crippen molar-refractivity contribution in [1.29, 1.82) is 0 Å². The van der Waals surface area contributed by atoms with Crippen molar-refractivity contribution in [3.63, 3.8) is 0 Å². The zero-order valence-electron chi connectivity index (χ0n) is 9.98. The van der Waals surface area contributed by atoms with E-state index in [9.17, 15) is 4.79 Å². The number of thiol groups is 1. The second-order valence-electron chi connectivity index (χ2n) is 3.31. The van der Waals surface area contributed by atoms with E-state index in [4.69, 9.17) is 10.8 Å². The smallest absolute Gasteiger partial charge is 0.407 e. The predicted molar refractivity (Wildman–Crippen MR) is 75.2 cm³/mol. The van der Waals surface area contributed by atoms with Crippen LogP contribution in [0, 0.1) is 0 Å². The van der Waals surface area contributed by atoms with Crippen LogP contribution in [0.25, 0.3) is 0 Å². The van der Waals surface area contributed by atoms with Crippen molar-refractivity contribution in [2.75, 3.05) is 13.1 Å². The highest BCUT2D eigenvalue weighted by Crippen LogP contribution is 1.98. The highest BCUT2D eigenvalue weighted by molar-refractivity contribution is 8.10. The number of amides is 1. The number of hydrogen-bond donors (Lipinski definition) is 3. The number of hydrogen-bond acceptors (Lipinski definition) is 2. The number of unbranched alkanes of at least 4 members (excludes halogenated alkanes) is 2. The lowest BCUT2D eigenvalue weighted by atomic mass is 10.3. The Hall–Kier alpha value is -0.490. The second-order valence-corrected chi connectivity index (χ2v) is 4.54. The first-order chi connectivity index (χ1) is 7.45. The first-order valence-electron chi connectivity index (χ1n) is 5.41. The fraction of sp³-hybridized carbons (Fsp3) is 0.800. The van der Waals surface area contributed by atoms with Crippen molar-refractivity contribution in [3.05, 3.63) is 0 Å². The molecule has 0 saturated heterocycles. The highest BCUT2D eigenvalue weighted by Gasteiger charge is 2.08. The summed E-state index contributed by atoms with van der Waals surface area (Å²) in [4.78, 5) is 12.1. The Morgan fingerprint density at radius 1 is 1.31 bits per heavy atom. The number of carboxylic acid groups (broad SMARTS) is 1. The number of thiocarbonyl (C=S) groups is 1. The molecule has 0 spiro atoms. The Labute approximate surface area is 109 Å². The minimum atomic E-state index is -0.781. The Bertz CT molecular complexity index is 189. The minimum Gasteiger partial charge on any atom is -0.465 e. The van der Waals surface area contributed by atoms with Gasteiger partial charge < -0.3 is 15.7 Å². The van der Waals surface area contributed by atoms with Crippen LogP contribution in [0.3, 0.4) is 0 Å². The van der Waals surface area contributed by atoms with Crippen molar-refractivity contribution in [2.45, 2.75) is 39.5 Å². The molecule has 0 aromatic carbocycles. The van der Waals surface area contributed by atoms with E-state index in [-0.39, 0.29) is 4.32 Å². The molecule has 3 N–H and O–H groups in total. The lowest BCUT2D eigenvalue weighted by Crippen LogP contribution is -2.31. The van der Waals surface area contributed by atoms with E-state index in [1.165, 1.54) is 4.90 Å². The summed E-state index contributed by atoms with van der Waals surface area (Å²) in [5.41, 5.74) is 4.71. The Morgan fingerprint density at radius 2 is 1.62 bits per heavy atom. The number of nitrogens with zero attached hydrogens (tertiary/aromatic N) is 1. The van der Waals surface area contributed by atoms with Crippen LogP contribution in [0.5, 0.6) is 0 Å². The molecule has 4 nitrogen and oxygen atoms in total. The Morgan fingerprint density at radius 3 is 1.81 bits per heavy atom. The number of nitrogens with two attached hydrogens (primary N) is 1. The number of rotatable bonds is 6. The maximum atomic E-state index is 10.6. The summed E-state index contributed by atoms with van der Waals surface area (Å²) in [5.74, 6) is 0. The second kappa shape index (κ2) is 12.6. The predicted octanol–water partition coefficient (Wildman–Crippen LogP) is 2.73. The van der Waals surface area contributed by atoms with E-state index in [1.54, 1.807) is 0 Å². The minimum absolute atomic E-state index is 0.194. The quantitative estimate of drug-likeness (QED) is 0.511. The largest absolute Gasteiger partial charge is 0.465 e. The normalized spacial score (nSPS) is 8.94. The van der Waals surface area contributed by atoms with Crippen molar-refractivity contribution in [2.24, 2.45) is 5.73 Å². The average molecular weight is 266 g/mol. The zero-order chi connectivity index (χ0) is 13.0. The fourth-order valence-corrected chi connectivity index (χ4v) is 1.00. The third-order valence-corrected chi connectivity index (χ3v) is 1.83. The SMILES string of the molecule is CCCCN(CCCC)C(=O)O.NC(=S)S. The van der Waals surface area contributed by atoms with Gasteiger partial charge in [-0.2, -0.15) is 0 Å². The van der Waals surface area contributed by atoms with Crippen molar-refractivity contribution in [1.82, 2.24) is 4.90 Å². The first-order valence-corrected chi connectivity index (χ1v) is 6.27. The Balaban J connectivity index is 0. The third-order valence-electron chi connectivity index (χ3n) is 1.83. The van der Waals surface area contributed by atoms with E-state index in [1.807, 2.05) is 0 Å². The molecule has 0 atom stereocenters. The summed E-state index contributed by atoms with van der Waals surface area (Å²) in [6.45, 7) is 5.51. The molecule has 1 amide bonds. The molecule has 0 radical (unpaired) electrons. The molecule has 0 unspecified atom stereocenters. The van der Waals surface area contributed by atoms with Gasteiger partial charge in [-0.25, -0.2) is 4.79 Å². The van der Waals surface area contributed by atoms with Crippen LogP contribution < -0.4 is 5.73 Å². The van der Waals surface area contributed by atoms with Gasteiger partial charge in [-0.3, -0.25) is 0 Å². The third kappa shape index (κ3) is 16.0. The zero-order valence-corrected chi connectivity index (χ0v) is 11.7. The van der Waals surface area contributed by atoms with Gasteiger partial charge in [0.1, 0.15) is 4.32 Å². The van der Waals surface area contributed by atoms with Gasteiger partial charge in [-0.15, -0.1) is 12.6 Å². The summed E-state index contributed by atoms with van der Waals surface area (Å²) in [7, 11) is 0. The van der Waals surface area contributed by atoms with E-state index in [0.29, 0.717) is 13.1 Å². The first kappa shape index (κ1) is 17.9. The molecular formula is C10H22N2O2S2. The van der Waals surface area contributed by atoms with Crippen LogP contribution in [0.15, 0.2) is 0 Å². The number of carbonyl (C=O) groups is 1. The average Bonchev–Trinajstić information content (AvgIpc) is 2.16. The van der Waals surface area contributed by atoms with Gasteiger partial charge in [0.05, 0.1) is 0 Å². The van der Waals surface area contributed by atoms with Crippen LogP contribution in [-0.4, -0.2) is 33.5 Å². The van der Waals surface area contributed by atoms with Crippen LogP contribution in [-0.2, 0) is 0 Å². The molecule has 0 fully saturated rings. The van der Waals surface area contributed by atoms with Crippen molar-refractivity contribution in [3.8, 4) is 0 Å². The molecular weight excluding hydrogens is 244 g/mol. The standard InChI is InChI=1S/C9H19NO2.CH3NS2/c1-3-5-7-10(9(11)12)8-6-4-2;2-1(3)4/h3-8H2,1-2H3,(H,11,12);(H3,2,3,4). The van der Waals surface area contributed by atoms with E-state index in [2.05, 4.69) is 38.7 Å². The molecule has 0 aromatic heterocycles. The van der Waals surface area contributed by atoms with Gasteiger partial charge in [0, 0.05) is 13.1 Å². The summed E-state index contributed by atoms with van der Waals surface area (Å²) in [6.07, 6.45) is 3.26. The summed E-state index contributed by atoms with van der Waals surface area (Å²) >= 11 is 7.65. The van der Waals surface area contributed by atoms with E-state index >= 15 is 0 Å². The summed E-state index contributed by atoms with van der Waals surface area (Å²) < 4.78 is 0.194. The van der Waals surface area contributed by atoms with Gasteiger partial charge >= 0.3 is 6.09 Å². The lowest BCUT2D eigenvalue weighted by Gasteiger charge is -2.17. The summed E-state index contributed by atoms with van der Waals surface area (Å²) in [5, 5.41) is 8.75. The van der Waals surface area contributed by atoms with Gasteiger partial charge in [-0.05, 0) is 12.8 Å². The topological polar surface area (TPSA) is 66.6 Å². The molecule has 16 heavy (non-hydrogen) atoms. The molecule has 0 bridgehead atoms. The summed E-state index contributed by atoms with van der Waals surface area (Å²) in [6, 6.07) is 0. The fourth-order valence-electron chi connectivity index (χ4n) is 1.00. The van der Waals surface area contributed by atoms with Crippen LogP contribution >= 0.6 is 24.8 Å².